The molecule has 10 heteroatoms. The van der Waals surface area contributed by atoms with Crippen molar-refractivity contribution in [1.29, 1.82) is 0 Å². The number of hydrogen-bond donors (Lipinski definition) is 0. The minimum absolute atomic E-state index is 0. The number of nitrogens with zero attached hydrogens (tertiary/aromatic N) is 9. The van der Waals surface area contributed by atoms with Crippen molar-refractivity contribution in [1.82, 2.24) is 40.4 Å². The van der Waals surface area contributed by atoms with Gasteiger partial charge in [0.25, 0.3) is 0 Å². The number of benzene rings is 1. The van der Waals surface area contributed by atoms with Gasteiger partial charge >= 0.3 is 0 Å². The van der Waals surface area contributed by atoms with Crippen LogP contribution in [0.1, 0.15) is 0 Å². The Bertz CT molecular complexity index is 728. The lowest BCUT2D eigenvalue weighted by Gasteiger charge is -2.23. The summed E-state index contributed by atoms with van der Waals surface area (Å²) < 4.78 is 4.01. The molecule has 0 amide bonds. The van der Waals surface area contributed by atoms with Gasteiger partial charge in [-0.2, -0.15) is 9.36 Å². The van der Waals surface area contributed by atoms with Crippen LogP contribution in [0, 0.1) is 0 Å². The van der Waals surface area contributed by atoms with Crippen LogP contribution >= 0.6 is 0 Å². The third-order valence-corrected chi connectivity index (χ3v) is 2.76. The summed E-state index contributed by atoms with van der Waals surface area (Å²) in [4.78, 5) is 0. The Hall–Kier alpha value is -2.72. The Morgan fingerprint density at radius 3 is 2.23 bits per heavy atom. The zero-order chi connectivity index (χ0) is 14.9. The third-order valence-electron chi connectivity index (χ3n) is 2.76. The number of rotatable bonds is 4. The fraction of sp³-hybridized carbons (Fsp3) is 0.333. The van der Waals surface area contributed by atoms with Gasteiger partial charge in [0, 0.05) is 0 Å². The summed E-state index contributed by atoms with van der Waals surface area (Å²) >= 11 is 0. The lowest BCUT2D eigenvalue weighted by Crippen LogP contribution is -2.37. The predicted molar refractivity (Wildman–Crippen MR) is 75.9 cm³/mol. The summed E-state index contributed by atoms with van der Waals surface area (Å²) in [7, 11) is 6.18. The number of para-hydroxylation sites is 1. The molecule has 0 bridgehead atoms. The van der Waals surface area contributed by atoms with E-state index in [1.165, 1.54) is 0 Å². The van der Waals surface area contributed by atoms with Crippen molar-refractivity contribution in [3.8, 4) is 17.3 Å². The molecule has 0 aliphatic rings. The molecule has 0 fully saturated rings. The highest BCUT2D eigenvalue weighted by Crippen LogP contribution is 2.16. The molecule has 0 radical (unpaired) electrons. The lowest BCUT2D eigenvalue weighted by atomic mass is 10.3. The summed E-state index contributed by atoms with van der Waals surface area (Å²) in [6.07, 6.45) is 0. The average molecular weight is 303 g/mol. The Labute approximate surface area is 126 Å². The largest absolute Gasteiger partial charge is 0.870 e. The molecule has 0 saturated carbocycles. The van der Waals surface area contributed by atoms with Crippen LogP contribution in [0.4, 0.5) is 0 Å². The van der Waals surface area contributed by atoms with E-state index in [0.29, 0.717) is 22.8 Å². The van der Waals surface area contributed by atoms with Gasteiger partial charge in [-0.15, -0.1) is 10.2 Å². The highest BCUT2D eigenvalue weighted by molar-refractivity contribution is 5.47. The van der Waals surface area contributed by atoms with Gasteiger partial charge in [0.2, 0.25) is 11.6 Å². The first kappa shape index (κ1) is 15.7. The summed E-state index contributed by atoms with van der Waals surface area (Å²) in [5.74, 6) is 1.05. The molecule has 1 N–H and O–H groups in total. The van der Waals surface area contributed by atoms with E-state index in [1.54, 1.807) is 9.36 Å². The van der Waals surface area contributed by atoms with E-state index < -0.39 is 0 Å². The quantitative estimate of drug-likeness (QED) is 0.613. The minimum atomic E-state index is 0. The molecule has 22 heavy (non-hydrogen) atoms. The molecule has 0 spiro atoms. The molecule has 2 aromatic heterocycles. The van der Waals surface area contributed by atoms with Gasteiger partial charge in [0.05, 0.1) is 26.8 Å². The van der Waals surface area contributed by atoms with Gasteiger partial charge in [-0.05, 0) is 33.0 Å². The fourth-order valence-corrected chi connectivity index (χ4v) is 1.93. The molecule has 10 nitrogen and oxygen atoms in total. The topological polar surface area (TPSA) is 117 Å². The number of aromatic nitrogens is 8. The minimum Gasteiger partial charge on any atom is -0.870 e. The highest BCUT2D eigenvalue weighted by atomic mass is 16.0. The van der Waals surface area contributed by atoms with Crippen molar-refractivity contribution in [2.45, 2.75) is 6.67 Å². The number of tetrazole rings is 2. The smallest absolute Gasteiger partial charge is 0.226 e. The summed E-state index contributed by atoms with van der Waals surface area (Å²) in [5.41, 5.74) is 0.859. The molecular formula is C12H17N9O. The van der Waals surface area contributed by atoms with Gasteiger partial charge in [0.1, 0.15) is 0 Å². The molecule has 2 heterocycles. The maximum absolute atomic E-state index is 4.06. The van der Waals surface area contributed by atoms with Crippen LogP contribution in [-0.2, 0) is 6.67 Å². The first-order chi connectivity index (χ1) is 10.0. The van der Waals surface area contributed by atoms with E-state index >= 15 is 0 Å². The number of hydrogen-bond acceptors (Lipinski definition) is 7. The Morgan fingerprint density at radius 1 is 0.909 bits per heavy atom. The first-order valence-corrected chi connectivity index (χ1v) is 6.45. The average Bonchev–Trinajstić information content (AvgIpc) is 3.06. The Morgan fingerprint density at radius 2 is 1.55 bits per heavy atom. The van der Waals surface area contributed by atoms with Crippen molar-refractivity contribution in [2.75, 3.05) is 21.1 Å². The van der Waals surface area contributed by atoms with Crippen LogP contribution in [0.5, 0.6) is 0 Å². The van der Waals surface area contributed by atoms with E-state index in [1.807, 2.05) is 30.3 Å². The van der Waals surface area contributed by atoms with Gasteiger partial charge < -0.3 is 9.96 Å². The second-order valence-electron chi connectivity index (χ2n) is 5.68. The van der Waals surface area contributed by atoms with E-state index in [4.69, 9.17) is 0 Å². The molecule has 0 atom stereocenters. The highest BCUT2D eigenvalue weighted by Gasteiger charge is 2.21. The zero-order valence-electron chi connectivity index (χ0n) is 12.6. The van der Waals surface area contributed by atoms with Gasteiger partial charge in [-0.3, -0.25) is 0 Å². The molecule has 0 unspecified atom stereocenters. The lowest BCUT2D eigenvalue weighted by molar-refractivity contribution is -0.893. The molecule has 0 saturated heterocycles. The fourth-order valence-electron chi connectivity index (χ4n) is 1.93. The van der Waals surface area contributed by atoms with Gasteiger partial charge in [0.15, 0.2) is 6.67 Å². The SMILES string of the molecule is C[N+](C)(C)Cn1nnnc1-c1nnnn1-c1ccccc1.[OH-]. The molecule has 3 aromatic rings. The van der Waals surface area contributed by atoms with Crippen molar-refractivity contribution < 1.29 is 9.96 Å². The molecular weight excluding hydrogens is 286 g/mol. The van der Waals surface area contributed by atoms with Crippen molar-refractivity contribution in [3.63, 3.8) is 0 Å². The maximum Gasteiger partial charge on any atom is 0.226 e. The van der Waals surface area contributed by atoms with Crippen molar-refractivity contribution in [2.24, 2.45) is 0 Å². The molecule has 0 aliphatic heterocycles. The predicted octanol–water partition coefficient (Wildman–Crippen LogP) is -0.197. The van der Waals surface area contributed by atoms with Crippen molar-refractivity contribution >= 4 is 0 Å². The first-order valence-electron chi connectivity index (χ1n) is 6.45. The van der Waals surface area contributed by atoms with E-state index in [0.717, 1.165) is 5.69 Å². The van der Waals surface area contributed by atoms with E-state index in [-0.39, 0.29) is 5.48 Å². The van der Waals surface area contributed by atoms with Gasteiger partial charge in [-0.25, -0.2) is 0 Å². The molecule has 1 aromatic carbocycles. The summed E-state index contributed by atoms with van der Waals surface area (Å²) in [5, 5.41) is 23.6. The third kappa shape index (κ3) is 3.13. The van der Waals surface area contributed by atoms with E-state index in [2.05, 4.69) is 52.2 Å². The van der Waals surface area contributed by atoms with Crippen LogP contribution in [0.3, 0.4) is 0 Å². The summed E-state index contributed by atoms with van der Waals surface area (Å²) in [6, 6.07) is 9.64. The Kier molecular flexibility index (Phi) is 4.24. The summed E-state index contributed by atoms with van der Waals surface area (Å²) in [6.45, 7) is 0.615. The molecule has 3 rings (SSSR count). The van der Waals surface area contributed by atoms with Gasteiger partial charge in [-0.1, -0.05) is 18.2 Å². The van der Waals surface area contributed by atoms with Crippen LogP contribution in [0.2, 0.25) is 0 Å². The second-order valence-corrected chi connectivity index (χ2v) is 5.68. The standard InChI is InChI=1S/C12H16N9.H2O/c1-21(2,3)9-19-11(13-15-17-19)12-14-16-18-20(12)10-7-5-4-6-8-10;/h4-8H,9H2,1-3H3;1H2/q+1;/p-1. The monoisotopic (exact) mass is 303 g/mol. The van der Waals surface area contributed by atoms with Crippen LogP contribution < -0.4 is 0 Å². The Balaban J connectivity index is 0.00000176. The number of quaternary nitrogens is 1. The second kappa shape index (κ2) is 5.95. The maximum atomic E-state index is 4.06. The van der Waals surface area contributed by atoms with Crippen LogP contribution in [0.25, 0.3) is 17.3 Å². The van der Waals surface area contributed by atoms with Crippen molar-refractivity contribution in [3.05, 3.63) is 30.3 Å². The molecule has 116 valence electrons. The van der Waals surface area contributed by atoms with Crippen LogP contribution in [-0.4, -0.2) is 71.5 Å². The van der Waals surface area contributed by atoms with Crippen LogP contribution in [0.15, 0.2) is 30.3 Å². The zero-order valence-corrected chi connectivity index (χ0v) is 12.6. The normalized spacial score (nSPS) is 11.2. The van der Waals surface area contributed by atoms with E-state index in [9.17, 15) is 0 Å². The molecule has 0 aliphatic carbocycles.